The molecule has 0 fully saturated rings. The minimum atomic E-state index is 0.552. The van der Waals surface area contributed by atoms with Crippen LogP contribution >= 0.6 is 0 Å². The largest absolute Gasteiger partial charge is 0.353 e. The van der Waals surface area contributed by atoms with Crippen molar-refractivity contribution in [1.82, 2.24) is 9.97 Å². The normalized spacial score (nSPS) is 10.7. The van der Waals surface area contributed by atoms with Crippen molar-refractivity contribution in [2.24, 2.45) is 5.73 Å². The van der Waals surface area contributed by atoms with Crippen molar-refractivity contribution in [2.45, 2.75) is 0 Å². The molecule has 0 unspecified atom stereocenters. The molecule has 0 aliphatic rings. The lowest BCUT2D eigenvalue weighted by atomic mass is 10.1. The fourth-order valence-electron chi connectivity index (χ4n) is 2.16. The average Bonchev–Trinajstić information content (AvgIpc) is 2.53. The van der Waals surface area contributed by atoms with Crippen LogP contribution in [0.5, 0.6) is 0 Å². The van der Waals surface area contributed by atoms with E-state index in [-0.39, 0.29) is 0 Å². The molecule has 0 saturated heterocycles. The quantitative estimate of drug-likeness (QED) is 0.760. The van der Waals surface area contributed by atoms with E-state index in [0.29, 0.717) is 19.0 Å². The Bertz CT molecular complexity index is 710. The van der Waals surface area contributed by atoms with Gasteiger partial charge in [-0.05, 0) is 6.07 Å². The van der Waals surface area contributed by atoms with Crippen LogP contribution in [0.4, 0.5) is 5.95 Å². The number of hydrogen-bond donors (Lipinski definition) is 2. The molecule has 4 nitrogen and oxygen atoms in total. The first kappa shape index (κ1) is 12.6. The number of hydrogen-bond acceptors (Lipinski definition) is 4. The summed E-state index contributed by atoms with van der Waals surface area (Å²) < 4.78 is 0. The average molecular weight is 264 g/mol. The summed E-state index contributed by atoms with van der Waals surface area (Å²) in [5, 5.41) is 4.20. The molecule has 0 saturated carbocycles. The smallest absolute Gasteiger partial charge is 0.223 e. The maximum Gasteiger partial charge on any atom is 0.223 e. The molecule has 0 radical (unpaired) electrons. The van der Waals surface area contributed by atoms with Gasteiger partial charge in [0.15, 0.2) is 0 Å². The highest BCUT2D eigenvalue weighted by Gasteiger charge is 2.08. The third-order valence-corrected chi connectivity index (χ3v) is 3.08. The van der Waals surface area contributed by atoms with Crippen LogP contribution in [0.25, 0.3) is 22.2 Å². The van der Waals surface area contributed by atoms with Gasteiger partial charge in [-0.1, -0.05) is 48.5 Å². The van der Waals surface area contributed by atoms with E-state index in [0.717, 1.165) is 22.2 Å². The van der Waals surface area contributed by atoms with Crippen molar-refractivity contribution in [3.05, 3.63) is 54.6 Å². The van der Waals surface area contributed by atoms with Gasteiger partial charge in [0.1, 0.15) is 0 Å². The molecule has 3 rings (SSSR count). The minimum absolute atomic E-state index is 0.552. The lowest BCUT2D eigenvalue weighted by Crippen LogP contribution is -2.15. The van der Waals surface area contributed by atoms with Gasteiger partial charge in [-0.3, -0.25) is 0 Å². The Hall–Kier alpha value is -2.46. The fourth-order valence-corrected chi connectivity index (χ4v) is 2.16. The predicted octanol–water partition coefficient (Wildman–Crippen LogP) is 2.67. The lowest BCUT2D eigenvalue weighted by molar-refractivity contribution is 0.997. The highest BCUT2D eigenvalue weighted by molar-refractivity contribution is 5.93. The van der Waals surface area contributed by atoms with Crippen molar-refractivity contribution in [2.75, 3.05) is 18.4 Å². The predicted molar refractivity (Wildman–Crippen MR) is 82.5 cm³/mol. The van der Waals surface area contributed by atoms with Gasteiger partial charge in [-0.25, -0.2) is 9.97 Å². The maximum absolute atomic E-state index is 5.52. The third-order valence-electron chi connectivity index (χ3n) is 3.08. The van der Waals surface area contributed by atoms with Gasteiger partial charge < -0.3 is 11.1 Å². The number of para-hydroxylation sites is 1. The third kappa shape index (κ3) is 2.46. The summed E-state index contributed by atoms with van der Waals surface area (Å²) in [6.45, 7) is 1.21. The molecule has 3 N–H and O–H groups in total. The van der Waals surface area contributed by atoms with Gasteiger partial charge in [0.05, 0.1) is 11.2 Å². The zero-order valence-corrected chi connectivity index (χ0v) is 11.1. The van der Waals surface area contributed by atoms with Gasteiger partial charge in [-0.15, -0.1) is 0 Å². The van der Waals surface area contributed by atoms with Crippen molar-refractivity contribution >= 4 is 16.9 Å². The molecule has 2 aromatic carbocycles. The molecule has 1 aromatic heterocycles. The van der Waals surface area contributed by atoms with Gasteiger partial charge in [-0.2, -0.15) is 0 Å². The summed E-state index contributed by atoms with van der Waals surface area (Å²) in [5.41, 5.74) is 8.48. The Morgan fingerprint density at radius 1 is 0.900 bits per heavy atom. The van der Waals surface area contributed by atoms with Crippen LogP contribution in [0.3, 0.4) is 0 Å². The van der Waals surface area contributed by atoms with Crippen LogP contribution in [0.2, 0.25) is 0 Å². The number of nitrogens with one attached hydrogen (secondary N) is 1. The van der Waals surface area contributed by atoms with Gasteiger partial charge >= 0.3 is 0 Å². The first-order valence-electron chi connectivity index (χ1n) is 6.64. The van der Waals surface area contributed by atoms with Gasteiger partial charge in [0.2, 0.25) is 5.95 Å². The van der Waals surface area contributed by atoms with Gasteiger partial charge in [0.25, 0.3) is 0 Å². The second-order valence-corrected chi connectivity index (χ2v) is 4.49. The second kappa shape index (κ2) is 5.67. The molecule has 3 aromatic rings. The summed E-state index contributed by atoms with van der Waals surface area (Å²) in [7, 11) is 0. The highest BCUT2D eigenvalue weighted by atomic mass is 15.1. The van der Waals surface area contributed by atoms with E-state index in [1.165, 1.54) is 0 Å². The van der Waals surface area contributed by atoms with Crippen LogP contribution in [-0.4, -0.2) is 23.1 Å². The number of anilines is 1. The van der Waals surface area contributed by atoms with Crippen molar-refractivity contribution in [1.29, 1.82) is 0 Å². The van der Waals surface area contributed by atoms with Crippen molar-refractivity contribution < 1.29 is 0 Å². The standard InChI is InChI=1S/C16H16N4/c17-10-11-18-16-19-14-9-5-4-8-13(14)15(20-16)12-6-2-1-3-7-12/h1-9H,10-11,17H2,(H,18,19,20). The maximum atomic E-state index is 5.52. The Kier molecular flexibility index (Phi) is 3.56. The van der Waals surface area contributed by atoms with Crippen molar-refractivity contribution in [3.8, 4) is 11.3 Å². The van der Waals surface area contributed by atoms with Gasteiger partial charge in [0, 0.05) is 24.0 Å². The molecule has 0 spiro atoms. The Balaban J connectivity index is 2.17. The molecule has 0 amide bonds. The van der Waals surface area contributed by atoms with E-state index in [1.54, 1.807) is 0 Å². The summed E-state index contributed by atoms with van der Waals surface area (Å²) in [4.78, 5) is 9.15. The second-order valence-electron chi connectivity index (χ2n) is 4.49. The molecule has 1 heterocycles. The summed E-state index contributed by atoms with van der Waals surface area (Å²) >= 11 is 0. The summed E-state index contributed by atoms with van der Waals surface area (Å²) in [6.07, 6.45) is 0. The highest BCUT2D eigenvalue weighted by Crippen LogP contribution is 2.26. The van der Waals surface area contributed by atoms with Crippen LogP contribution in [0.15, 0.2) is 54.6 Å². The van der Waals surface area contributed by atoms with Crippen LogP contribution in [0.1, 0.15) is 0 Å². The van der Waals surface area contributed by atoms with Crippen LogP contribution < -0.4 is 11.1 Å². The lowest BCUT2D eigenvalue weighted by Gasteiger charge is -2.09. The van der Waals surface area contributed by atoms with E-state index < -0.39 is 0 Å². The van der Waals surface area contributed by atoms with E-state index >= 15 is 0 Å². The SMILES string of the molecule is NCCNc1nc(-c2ccccc2)c2ccccc2n1. The Morgan fingerprint density at radius 3 is 2.45 bits per heavy atom. The minimum Gasteiger partial charge on any atom is -0.353 e. The van der Waals surface area contributed by atoms with Crippen LogP contribution in [0, 0.1) is 0 Å². The van der Waals surface area contributed by atoms with E-state index in [9.17, 15) is 0 Å². The van der Waals surface area contributed by atoms with E-state index in [1.807, 2.05) is 42.5 Å². The molecule has 20 heavy (non-hydrogen) atoms. The zero-order valence-electron chi connectivity index (χ0n) is 11.1. The van der Waals surface area contributed by atoms with Crippen LogP contribution in [-0.2, 0) is 0 Å². The number of nitrogens with zero attached hydrogens (tertiary/aromatic N) is 2. The number of aromatic nitrogens is 2. The van der Waals surface area contributed by atoms with E-state index in [2.05, 4.69) is 27.4 Å². The molecule has 100 valence electrons. The molecular formula is C16H16N4. The molecule has 0 aliphatic heterocycles. The monoisotopic (exact) mass is 264 g/mol. The molecular weight excluding hydrogens is 248 g/mol. The summed E-state index contributed by atoms with van der Waals surface area (Å²) in [6, 6.07) is 18.2. The topological polar surface area (TPSA) is 63.8 Å². The fraction of sp³-hybridized carbons (Fsp3) is 0.125. The molecule has 0 bridgehead atoms. The zero-order chi connectivity index (χ0) is 13.8. The molecule has 4 heteroatoms. The molecule has 0 aliphatic carbocycles. The first-order valence-corrected chi connectivity index (χ1v) is 6.64. The number of fused-ring (bicyclic) bond motifs is 1. The Morgan fingerprint density at radius 2 is 1.65 bits per heavy atom. The summed E-state index contributed by atoms with van der Waals surface area (Å²) in [5.74, 6) is 0.619. The number of nitrogens with two attached hydrogens (primary N) is 1. The number of benzene rings is 2. The molecule has 0 atom stereocenters. The Labute approximate surface area is 117 Å². The first-order chi connectivity index (χ1) is 9.88. The number of rotatable bonds is 4. The van der Waals surface area contributed by atoms with Crippen molar-refractivity contribution in [3.63, 3.8) is 0 Å². The van der Waals surface area contributed by atoms with E-state index in [4.69, 9.17) is 5.73 Å².